The van der Waals surface area contributed by atoms with E-state index in [1.807, 2.05) is 0 Å². The molecule has 0 bridgehead atoms. The van der Waals surface area contributed by atoms with E-state index in [-0.39, 0.29) is 0 Å². The van der Waals surface area contributed by atoms with Crippen molar-refractivity contribution in [1.29, 1.82) is 0 Å². The molecule has 0 spiro atoms. The molecule has 5 heteroatoms. The molecule has 0 saturated carbocycles. The Morgan fingerprint density at radius 3 is 2.46 bits per heavy atom. The number of hydrogen-bond donors (Lipinski definition) is 0. The van der Waals surface area contributed by atoms with Gasteiger partial charge >= 0.3 is 6.18 Å². The maximum atomic E-state index is 12.2. The van der Waals surface area contributed by atoms with E-state index in [1.165, 1.54) is 6.07 Å². The van der Waals surface area contributed by atoms with Crippen LogP contribution in [0.3, 0.4) is 0 Å². The van der Waals surface area contributed by atoms with Gasteiger partial charge in [-0.3, -0.25) is 0 Å². The predicted molar refractivity (Wildman–Crippen MR) is 46.3 cm³/mol. The van der Waals surface area contributed by atoms with Gasteiger partial charge in [0.25, 0.3) is 0 Å². The van der Waals surface area contributed by atoms with E-state index in [1.54, 1.807) is 6.92 Å². The second kappa shape index (κ2) is 3.65. The van der Waals surface area contributed by atoms with Crippen LogP contribution in [0.5, 0.6) is 0 Å². The molecule has 1 aromatic rings. The van der Waals surface area contributed by atoms with Gasteiger partial charge < -0.3 is 0 Å². The Labute approximate surface area is 82.1 Å². The Morgan fingerprint density at radius 1 is 1.38 bits per heavy atom. The van der Waals surface area contributed by atoms with Crippen LogP contribution >= 0.6 is 15.9 Å². The van der Waals surface area contributed by atoms with Crippen molar-refractivity contribution in [2.45, 2.75) is 19.5 Å². The molecule has 0 unspecified atom stereocenters. The van der Waals surface area contributed by atoms with Crippen LogP contribution in [0.1, 0.15) is 18.3 Å². The molecule has 13 heavy (non-hydrogen) atoms. The van der Waals surface area contributed by atoms with Crippen molar-refractivity contribution >= 4 is 15.9 Å². The lowest BCUT2D eigenvalue weighted by Gasteiger charge is -2.07. The fourth-order valence-electron chi connectivity index (χ4n) is 0.890. The molecule has 0 N–H and O–H groups in total. The van der Waals surface area contributed by atoms with Gasteiger partial charge in [-0.05, 0) is 34.5 Å². The summed E-state index contributed by atoms with van der Waals surface area (Å²) in [6, 6.07) is 2.33. The van der Waals surface area contributed by atoms with Gasteiger partial charge in [-0.15, -0.1) is 0 Å². The van der Waals surface area contributed by atoms with E-state index in [4.69, 9.17) is 0 Å². The minimum atomic E-state index is -4.36. The van der Waals surface area contributed by atoms with Crippen LogP contribution in [0.25, 0.3) is 0 Å². The monoisotopic (exact) mass is 253 g/mol. The van der Waals surface area contributed by atoms with Crippen LogP contribution in [0, 0.1) is 0 Å². The van der Waals surface area contributed by atoms with E-state index in [2.05, 4.69) is 20.9 Å². The van der Waals surface area contributed by atoms with E-state index >= 15 is 0 Å². The molecule has 0 radical (unpaired) electrons. The van der Waals surface area contributed by atoms with Crippen LogP contribution in [0.4, 0.5) is 13.2 Å². The second-order valence-electron chi connectivity index (χ2n) is 2.48. The Morgan fingerprint density at radius 2 is 2.00 bits per heavy atom. The number of hydrogen-bond acceptors (Lipinski definition) is 1. The van der Waals surface area contributed by atoms with Crippen molar-refractivity contribution in [3.63, 3.8) is 0 Å². The van der Waals surface area contributed by atoms with Gasteiger partial charge in [0.1, 0.15) is 5.69 Å². The van der Waals surface area contributed by atoms with Crippen LogP contribution < -0.4 is 0 Å². The Balaban J connectivity index is 3.14. The first-order valence-corrected chi connectivity index (χ1v) is 4.47. The van der Waals surface area contributed by atoms with Crippen LogP contribution in [-0.4, -0.2) is 4.98 Å². The largest absolute Gasteiger partial charge is 0.433 e. The molecule has 0 fully saturated rings. The van der Waals surface area contributed by atoms with Gasteiger partial charge in [-0.2, -0.15) is 13.2 Å². The molecule has 0 amide bonds. The van der Waals surface area contributed by atoms with Gasteiger partial charge in [0.15, 0.2) is 0 Å². The van der Waals surface area contributed by atoms with E-state index in [0.29, 0.717) is 16.6 Å². The van der Waals surface area contributed by atoms with Crippen molar-refractivity contribution < 1.29 is 13.2 Å². The van der Waals surface area contributed by atoms with Crippen molar-refractivity contribution in [1.82, 2.24) is 4.98 Å². The second-order valence-corrected chi connectivity index (χ2v) is 3.33. The average molecular weight is 254 g/mol. The zero-order valence-electron chi connectivity index (χ0n) is 6.82. The predicted octanol–water partition coefficient (Wildman–Crippen LogP) is 3.43. The molecule has 1 heterocycles. The zero-order valence-corrected chi connectivity index (χ0v) is 8.41. The number of rotatable bonds is 1. The molecule has 0 saturated heterocycles. The number of pyridine rings is 1. The van der Waals surface area contributed by atoms with Crippen molar-refractivity contribution in [2.75, 3.05) is 0 Å². The summed E-state index contributed by atoms with van der Waals surface area (Å²) in [5.41, 5.74) is -0.414. The third-order valence-corrected chi connectivity index (χ3v) is 2.27. The Bertz CT molecular complexity index is 309. The normalized spacial score (nSPS) is 11.8. The molecule has 1 aromatic heterocycles. The topological polar surface area (TPSA) is 12.9 Å². The van der Waals surface area contributed by atoms with Crippen LogP contribution in [0.2, 0.25) is 0 Å². The lowest BCUT2D eigenvalue weighted by Crippen LogP contribution is -2.09. The number of aryl methyl sites for hydroxylation is 1. The molecular weight excluding hydrogens is 247 g/mol. The molecule has 0 aliphatic carbocycles. The minimum absolute atomic E-state index is 0.426. The first-order valence-electron chi connectivity index (χ1n) is 3.67. The number of aromatic nitrogens is 1. The fourth-order valence-corrected chi connectivity index (χ4v) is 1.39. The first-order chi connectivity index (χ1) is 5.95. The molecule has 0 atom stereocenters. The molecule has 1 nitrogen and oxygen atoms in total. The Kier molecular flexibility index (Phi) is 2.95. The summed E-state index contributed by atoms with van der Waals surface area (Å²) in [5, 5.41) is 0. The highest BCUT2D eigenvalue weighted by atomic mass is 79.9. The smallest absolute Gasteiger partial charge is 0.247 e. The minimum Gasteiger partial charge on any atom is -0.247 e. The molecule has 72 valence electrons. The summed E-state index contributed by atoms with van der Waals surface area (Å²) in [4.78, 5) is 3.49. The number of alkyl halides is 3. The molecule has 0 aliphatic heterocycles. The van der Waals surface area contributed by atoms with Crippen LogP contribution in [0.15, 0.2) is 16.6 Å². The van der Waals surface area contributed by atoms with Gasteiger partial charge in [0.05, 0.1) is 5.69 Å². The molecule has 0 aliphatic rings. The molecule has 0 aromatic carbocycles. The van der Waals surface area contributed by atoms with Crippen molar-refractivity contribution in [3.8, 4) is 0 Å². The lowest BCUT2D eigenvalue weighted by molar-refractivity contribution is -0.141. The summed E-state index contributed by atoms with van der Waals surface area (Å²) in [7, 11) is 0. The zero-order chi connectivity index (χ0) is 10.1. The quantitative estimate of drug-likeness (QED) is 0.748. The van der Waals surface area contributed by atoms with E-state index in [0.717, 1.165) is 6.07 Å². The third-order valence-electron chi connectivity index (χ3n) is 1.54. The highest BCUT2D eigenvalue weighted by Gasteiger charge is 2.32. The van der Waals surface area contributed by atoms with Crippen LogP contribution in [-0.2, 0) is 12.6 Å². The highest BCUT2D eigenvalue weighted by molar-refractivity contribution is 9.10. The van der Waals surface area contributed by atoms with Gasteiger partial charge in [0, 0.05) is 4.47 Å². The molecule has 1 rings (SSSR count). The SMILES string of the molecule is CCc1nc(C(F)(F)F)ccc1Br. The van der Waals surface area contributed by atoms with Gasteiger partial charge in [-0.1, -0.05) is 6.92 Å². The highest BCUT2D eigenvalue weighted by Crippen LogP contribution is 2.29. The number of nitrogens with zero attached hydrogens (tertiary/aromatic N) is 1. The summed E-state index contributed by atoms with van der Waals surface area (Å²) in [5.74, 6) is 0. The standard InChI is InChI=1S/C8H7BrF3N/c1-2-6-5(9)3-4-7(13-6)8(10,11)12/h3-4H,2H2,1H3. The summed E-state index contributed by atoms with van der Waals surface area (Å²) < 4.78 is 37.1. The number of halogens is 4. The summed E-state index contributed by atoms with van der Waals surface area (Å²) in [6.45, 7) is 1.76. The lowest BCUT2D eigenvalue weighted by atomic mass is 10.2. The average Bonchev–Trinajstić information content (AvgIpc) is 2.03. The maximum Gasteiger partial charge on any atom is 0.433 e. The fraction of sp³-hybridized carbons (Fsp3) is 0.375. The van der Waals surface area contributed by atoms with E-state index < -0.39 is 11.9 Å². The molecular formula is C8H7BrF3N. The third kappa shape index (κ3) is 2.43. The first kappa shape index (κ1) is 10.5. The summed E-state index contributed by atoms with van der Waals surface area (Å²) in [6.07, 6.45) is -3.88. The van der Waals surface area contributed by atoms with Crippen molar-refractivity contribution in [2.24, 2.45) is 0 Å². The van der Waals surface area contributed by atoms with Gasteiger partial charge in [-0.25, -0.2) is 4.98 Å². The maximum absolute atomic E-state index is 12.2. The Hall–Kier alpha value is -0.580. The van der Waals surface area contributed by atoms with Crippen molar-refractivity contribution in [3.05, 3.63) is 28.0 Å². The van der Waals surface area contributed by atoms with E-state index in [9.17, 15) is 13.2 Å². The van der Waals surface area contributed by atoms with Gasteiger partial charge in [0.2, 0.25) is 0 Å². The summed E-state index contributed by atoms with van der Waals surface area (Å²) >= 11 is 3.13.